The Kier molecular flexibility index (Phi) is 5.04. The Balaban J connectivity index is 2.45. The van der Waals surface area contributed by atoms with Crippen LogP contribution in [0.4, 0.5) is 18.9 Å². The molecule has 5 nitrogen and oxygen atoms in total. The van der Waals surface area contributed by atoms with Gasteiger partial charge in [-0.25, -0.2) is 0 Å². The van der Waals surface area contributed by atoms with Crippen molar-refractivity contribution in [3.05, 3.63) is 69.3 Å². The smallest absolute Gasteiger partial charge is 0.420 e. The highest BCUT2D eigenvalue weighted by atomic mass is 19.4. The second-order valence-electron chi connectivity index (χ2n) is 4.84. The summed E-state index contributed by atoms with van der Waals surface area (Å²) >= 11 is 0. The van der Waals surface area contributed by atoms with Gasteiger partial charge in [0.2, 0.25) is 0 Å². The van der Waals surface area contributed by atoms with Crippen LogP contribution < -0.4 is 4.74 Å². The molecule has 0 saturated carbocycles. The highest BCUT2D eigenvalue weighted by Crippen LogP contribution is 2.40. The molecule has 0 amide bonds. The summed E-state index contributed by atoms with van der Waals surface area (Å²) in [6, 6.07) is 11.5. The summed E-state index contributed by atoms with van der Waals surface area (Å²) in [7, 11) is 0. The fraction of sp³-hybridized carbons (Fsp3) is 0.188. The standard InChI is InChI=1S/C16H11F3N2O3/c17-16(18,19)13-9-14(21(22)23)12(6-7-20)8-15(13)24-10-11-4-2-1-3-5-11/h1-5,8-9H,6,10H2. The zero-order chi connectivity index (χ0) is 17.7. The second-order valence-corrected chi connectivity index (χ2v) is 4.84. The van der Waals surface area contributed by atoms with Gasteiger partial charge in [0.1, 0.15) is 17.9 Å². The van der Waals surface area contributed by atoms with Crippen LogP contribution in [0.5, 0.6) is 5.75 Å². The van der Waals surface area contributed by atoms with E-state index in [4.69, 9.17) is 10.00 Å². The normalized spacial score (nSPS) is 10.9. The van der Waals surface area contributed by atoms with Crippen LogP contribution in [0.1, 0.15) is 16.7 Å². The number of nitriles is 1. The Morgan fingerprint density at radius 2 is 1.88 bits per heavy atom. The summed E-state index contributed by atoms with van der Waals surface area (Å²) in [5, 5.41) is 19.7. The first-order chi connectivity index (χ1) is 11.3. The van der Waals surface area contributed by atoms with Gasteiger partial charge in [-0.15, -0.1) is 0 Å². The molecular formula is C16H11F3N2O3. The minimum atomic E-state index is -4.82. The van der Waals surface area contributed by atoms with E-state index in [0.717, 1.165) is 6.07 Å². The van der Waals surface area contributed by atoms with Crippen LogP contribution in [0.3, 0.4) is 0 Å². The van der Waals surface area contributed by atoms with Crippen LogP contribution in [-0.2, 0) is 19.2 Å². The van der Waals surface area contributed by atoms with Crippen molar-refractivity contribution in [1.29, 1.82) is 5.26 Å². The molecule has 2 aromatic rings. The molecule has 2 rings (SSSR count). The van der Waals surface area contributed by atoms with Crippen molar-refractivity contribution in [1.82, 2.24) is 0 Å². The fourth-order valence-electron chi connectivity index (χ4n) is 2.08. The predicted octanol–water partition coefficient (Wildman–Crippen LogP) is 4.26. The number of nitro groups is 1. The third-order valence-electron chi connectivity index (χ3n) is 3.19. The van der Waals surface area contributed by atoms with Gasteiger partial charge in [0.05, 0.1) is 17.4 Å². The van der Waals surface area contributed by atoms with E-state index in [0.29, 0.717) is 11.6 Å². The lowest BCUT2D eigenvalue weighted by molar-refractivity contribution is -0.385. The zero-order valence-corrected chi connectivity index (χ0v) is 12.2. The molecule has 0 radical (unpaired) electrons. The Bertz CT molecular complexity index is 784. The van der Waals surface area contributed by atoms with Gasteiger partial charge < -0.3 is 4.74 Å². The van der Waals surface area contributed by atoms with E-state index in [1.54, 1.807) is 36.4 Å². The molecule has 0 aliphatic rings. The number of benzene rings is 2. The first-order valence-electron chi connectivity index (χ1n) is 6.75. The topological polar surface area (TPSA) is 76.2 Å². The van der Waals surface area contributed by atoms with Crippen molar-refractivity contribution in [2.24, 2.45) is 0 Å². The molecule has 24 heavy (non-hydrogen) atoms. The number of nitrogens with zero attached hydrogens (tertiary/aromatic N) is 2. The largest absolute Gasteiger partial charge is 0.488 e. The van der Waals surface area contributed by atoms with Crippen molar-refractivity contribution in [2.75, 3.05) is 0 Å². The van der Waals surface area contributed by atoms with Gasteiger partial charge in [-0.3, -0.25) is 10.1 Å². The van der Waals surface area contributed by atoms with Crippen LogP contribution in [0.25, 0.3) is 0 Å². The molecule has 0 spiro atoms. The van der Waals surface area contributed by atoms with E-state index in [1.807, 2.05) is 0 Å². The summed E-state index contributed by atoms with van der Waals surface area (Å²) < 4.78 is 44.7. The number of hydrogen-bond donors (Lipinski definition) is 0. The summed E-state index contributed by atoms with van der Waals surface area (Å²) in [5.41, 5.74) is -1.48. The average molecular weight is 336 g/mol. The minimum Gasteiger partial charge on any atom is -0.488 e. The Labute approximate surface area is 135 Å². The van der Waals surface area contributed by atoms with Crippen molar-refractivity contribution < 1.29 is 22.8 Å². The lowest BCUT2D eigenvalue weighted by atomic mass is 10.0. The maximum absolute atomic E-state index is 13.2. The lowest BCUT2D eigenvalue weighted by Gasteiger charge is -2.15. The highest BCUT2D eigenvalue weighted by molar-refractivity contribution is 5.52. The van der Waals surface area contributed by atoms with Gasteiger partial charge >= 0.3 is 6.18 Å². The van der Waals surface area contributed by atoms with Gasteiger partial charge in [-0.05, 0) is 11.6 Å². The van der Waals surface area contributed by atoms with E-state index >= 15 is 0 Å². The van der Waals surface area contributed by atoms with E-state index in [1.165, 1.54) is 0 Å². The molecule has 2 aromatic carbocycles. The summed E-state index contributed by atoms with van der Waals surface area (Å²) in [4.78, 5) is 10.0. The van der Waals surface area contributed by atoms with Crippen molar-refractivity contribution in [3.8, 4) is 11.8 Å². The van der Waals surface area contributed by atoms with E-state index in [9.17, 15) is 23.3 Å². The molecule has 0 unspecified atom stereocenters. The van der Waals surface area contributed by atoms with E-state index < -0.39 is 34.5 Å². The Hall–Kier alpha value is -3.08. The molecular weight excluding hydrogens is 325 g/mol. The second kappa shape index (κ2) is 7.00. The number of ether oxygens (including phenoxy) is 1. The number of alkyl halides is 3. The zero-order valence-electron chi connectivity index (χ0n) is 12.2. The first-order valence-corrected chi connectivity index (χ1v) is 6.75. The van der Waals surface area contributed by atoms with Crippen LogP contribution in [0.2, 0.25) is 0 Å². The fourth-order valence-corrected chi connectivity index (χ4v) is 2.08. The molecule has 0 heterocycles. The monoisotopic (exact) mass is 336 g/mol. The predicted molar refractivity (Wildman–Crippen MR) is 78.2 cm³/mol. The molecule has 8 heteroatoms. The van der Waals surface area contributed by atoms with Gasteiger partial charge in [0.15, 0.2) is 0 Å². The van der Waals surface area contributed by atoms with Crippen LogP contribution >= 0.6 is 0 Å². The third kappa shape index (κ3) is 4.01. The van der Waals surface area contributed by atoms with E-state index in [2.05, 4.69) is 0 Å². The molecule has 0 aliphatic heterocycles. The molecule has 124 valence electrons. The minimum absolute atomic E-state index is 0.126. The van der Waals surface area contributed by atoms with Gasteiger partial charge in [-0.1, -0.05) is 30.3 Å². The number of nitro benzene ring substituents is 1. The van der Waals surface area contributed by atoms with Crippen LogP contribution in [0.15, 0.2) is 42.5 Å². The molecule has 0 aliphatic carbocycles. The molecule has 0 atom stereocenters. The maximum atomic E-state index is 13.2. The summed E-state index contributed by atoms with van der Waals surface area (Å²) in [6.07, 6.45) is -5.21. The molecule has 0 saturated heterocycles. The number of hydrogen-bond acceptors (Lipinski definition) is 4. The van der Waals surface area contributed by atoms with Gasteiger partial charge in [0.25, 0.3) is 5.69 Å². The molecule has 0 N–H and O–H groups in total. The van der Waals surface area contributed by atoms with Gasteiger partial charge in [0, 0.05) is 11.6 Å². The van der Waals surface area contributed by atoms with Crippen molar-refractivity contribution >= 4 is 5.69 Å². The summed E-state index contributed by atoms with van der Waals surface area (Å²) in [5.74, 6) is -0.540. The number of halogens is 3. The molecule has 0 aromatic heterocycles. The third-order valence-corrected chi connectivity index (χ3v) is 3.19. The first kappa shape index (κ1) is 17.3. The molecule has 0 fully saturated rings. The van der Waals surface area contributed by atoms with Crippen molar-refractivity contribution in [2.45, 2.75) is 19.2 Å². The highest BCUT2D eigenvalue weighted by Gasteiger charge is 2.37. The van der Waals surface area contributed by atoms with Crippen LogP contribution in [0, 0.1) is 21.4 Å². The molecule has 0 bridgehead atoms. The quantitative estimate of drug-likeness (QED) is 0.604. The van der Waals surface area contributed by atoms with Gasteiger partial charge in [-0.2, -0.15) is 18.4 Å². The number of rotatable bonds is 5. The lowest BCUT2D eigenvalue weighted by Crippen LogP contribution is -2.11. The average Bonchev–Trinajstić information content (AvgIpc) is 2.53. The maximum Gasteiger partial charge on any atom is 0.420 e. The van der Waals surface area contributed by atoms with E-state index in [-0.39, 0.29) is 12.2 Å². The Morgan fingerprint density at radius 1 is 1.21 bits per heavy atom. The van der Waals surface area contributed by atoms with Crippen molar-refractivity contribution in [3.63, 3.8) is 0 Å². The SMILES string of the molecule is N#CCc1cc(OCc2ccccc2)c(C(F)(F)F)cc1[N+](=O)[O-]. The Morgan fingerprint density at radius 3 is 2.42 bits per heavy atom. The summed E-state index contributed by atoms with van der Waals surface area (Å²) in [6.45, 7) is -0.131. The van der Waals surface area contributed by atoms with Crippen LogP contribution in [-0.4, -0.2) is 4.92 Å².